The van der Waals surface area contributed by atoms with Crippen molar-refractivity contribution in [1.29, 1.82) is 5.26 Å². The Morgan fingerprint density at radius 2 is 1.77 bits per heavy atom. The summed E-state index contributed by atoms with van der Waals surface area (Å²) in [6.45, 7) is 7.30. The lowest BCUT2D eigenvalue weighted by atomic mass is 10.1. The molecule has 0 saturated carbocycles. The van der Waals surface area contributed by atoms with Gasteiger partial charge in [-0.15, -0.1) is 0 Å². The van der Waals surface area contributed by atoms with Gasteiger partial charge in [0.15, 0.2) is 0 Å². The van der Waals surface area contributed by atoms with Gasteiger partial charge in [-0.05, 0) is 64.1 Å². The Morgan fingerprint density at radius 1 is 1.10 bits per heavy atom. The highest BCUT2D eigenvalue weighted by Gasteiger charge is 2.24. The largest absolute Gasteiger partial charge is 0.293 e. The van der Waals surface area contributed by atoms with Gasteiger partial charge in [0.25, 0.3) is 0 Å². The topological polar surface area (TPSA) is 87.8 Å². The number of hydrogen-bond donors (Lipinski definition) is 1. The highest BCUT2D eigenvalue weighted by atomic mass is 32.2. The maximum absolute atomic E-state index is 12.6. The van der Waals surface area contributed by atoms with Gasteiger partial charge >= 0.3 is 0 Å². The van der Waals surface area contributed by atoms with E-state index >= 15 is 0 Å². The predicted octanol–water partition coefficient (Wildman–Crippen LogP) is 4.37. The van der Waals surface area contributed by atoms with E-state index in [1.54, 1.807) is 45.0 Å². The molecule has 0 amide bonds. The molecule has 0 aliphatic heterocycles. The van der Waals surface area contributed by atoms with Gasteiger partial charge in [-0.1, -0.05) is 18.2 Å². The molecule has 0 spiro atoms. The van der Waals surface area contributed by atoms with Gasteiger partial charge in [0.1, 0.15) is 11.7 Å². The normalized spacial score (nSPS) is 13.8. The average Bonchev–Trinajstić information content (AvgIpc) is 2.92. The molecule has 2 heterocycles. The zero-order valence-electron chi connectivity index (χ0n) is 17.3. The van der Waals surface area contributed by atoms with Crippen LogP contribution in [0.4, 0.5) is 0 Å². The van der Waals surface area contributed by atoms with Gasteiger partial charge in [-0.2, -0.15) is 5.26 Å². The van der Waals surface area contributed by atoms with Crippen molar-refractivity contribution in [2.24, 2.45) is 0 Å². The number of hydrogen-bond acceptors (Lipinski definition) is 4. The van der Waals surface area contributed by atoms with Crippen LogP contribution in [0.1, 0.15) is 32.0 Å². The lowest BCUT2D eigenvalue weighted by molar-refractivity contribution is 0.491. The smallest absolute Gasteiger partial charge is 0.241 e. The van der Waals surface area contributed by atoms with Crippen LogP contribution in [0.5, 0.6) is 0 Å². The summed E-state index contributed by atoms with van der Waals surface area (Å²) < 4.78 is 29.9. The predicted molar refractivity (Wildman–Crippen MR) is 118 cm³/mol. The maximum Gasteiger partial charge on any atom is 0.241 e. The summed E-state index contributed by atoms with van der Waals surface area (Å²) in [7, 11) is -3.64. The highest BCUT2D eigenvalue weighted by molar-refractivity contribution is 7.89. The number of nitriles is 1. The van der Waals surface area contributed by atoms with Crippen LogP contribution in [-0.4, -0.2) is 23.5 Å². The molecular formula is C23H22N4O2S. The zero-order chi connectivity index (χ0) is 21.7. The first-order valence-corrected chi connectivity index (χ1v) is 11.0. The van der Waals surface area contributed by atoms with E-state index in [0.717, 1.165) is 22.3 Å². The van der Waals surface area contributed by atoms with E-state index < -0.39 is 15.6 Å². The van der Waals surface area contributed by atoms with Crippen LogP contribution < -0.4 is 4.72 Å². The van der Waals surface area contributed by atoms with E-state index in [0.29, 0.717) is 16.9 Å². The highest BCUT2D eigenvalue weighted by Crippen LogP contribution is 2.37. The van der Waals surface area contributed by atoms with Crippen molar-refractivity contribution in [2.75, 3.05) is 0 Å². The molecule has 4 rings (SSSR count). The molecule has 30 heavy (non-hydrogen) atoms. The third-order valence-corrected chi connectivity index (χ3v) is 6.51. The average molecular weight is 419 g/mol. The van der Waals surface area contributed by atoms with E-state index in [1.807, 2.05) is 41.9 Å². The molecule has 1 N–H and O–H groups in total. The van der Waals surface area contributed by atoms with Gasteiger partial charge in [0.2, 0.25) is 10.0 Å². The van der Waals surface area contributed by atoms with Crippen LogP contribution in [0.25, 0.3) is 28.0 Å². The van der Waals surface area contributed by atoms with Crippen LogP contribution in [-0.2, 0) is 10.0 Å². The molecule has 1 aliphatic rings. The molecule has 3 aromatic rings. The second-order valence-electron chi connectivity index (χ2n) is 8.33. The molecule has 0 saturated heterocycles. The fraction of sp³-hybridized carbons (Fsp3) is 0.217. The summed E-state index contributed by atoms with van der Waals surface area (Å²) in [5.74, 6) is 0. The standard InChI is InChI=1S/C23H22N4O2S/c1-15-8-13-19-20(14-24)21(27(22(19)25-15)17-6-5-7-17)16-9-11-18(12-10-16)30(28,29)26-23(2,3)4/h5-13,26H,1-4H3. The van der Waals surface area contributed by atoms with E-state index in [-0.39, 0.29) is 4.90 Å². The van der Waals surface area contributed by atoms with Gasteiger partial charge in [0.05, 0.1) is 16.2 Å². The Bertz CT molecular complexity index is 1360. The lowest BCUT2D eigenvalue weighted by Crippen LogP contribution is -2.40. The minimum atomic E-state index is -3.64. The molecular weight excluding hydrogens is 396 g/mol. The number of nitrogens with one attached hydrogen (secondary N) is 1. The molecule has 152 valence electrons. The Kier molecular flexibility index (Phi) is 4.64. The van der Waals surface area contributed by atoms with Crippen molar-refractivity contribution in [3.63, 3.8) is 0 Å². The number of rotatable bonds is 4. The Morgan fingerprint density at radius 3 is 2.30 bits per heavy atom. The maximum atomic E-state index is 12.6. The summed E-state index contributed by atoms with van der Waals surface area (Å²) in [4.78, 5) is 4.84. The number of aryl methyl sites for hydroxylation is 1. The number of pyridine rings is 1. The van der Waals surface area contributed by atoms with Crippen molar-refractivity contribution in [3.8, 4) is 17.3 Å². The monoisotopic (exact) mass is 418 g/mol. The van der Waals surface area contributed by atoms with Gasteiger partial charge in [0, 0.05) is 27.9 Å². The van der Waals surface area contributed by atoms with E-state index in [2.05, 4.69) is 15.8 Å². The third kappa shape index (κ3) is 3.45. The molecule has 0 atom stereocenters. The van der Waals surface area contributed by atoms with Crippen LogP contribution in [0, 0.1) is 18.3 Å². The quantitative estimate of drug-likeness (QED) is 0.681. The molecule has 6 nitrogen and oxygen atoms in total. The molecule has 1 aromatic carbocycles. The van der Waals surface area contributed by atoms with E-state index in [9.17, 15) is 13.7 Å². The first kappa shape index (κ1) is 20.1. The Balaban J connectivity index is 1.89. The van der Waals surface area contributed by atoms with Gasteiger partial charge in [-0.25, -0.2) is 18.1 Å². The van der Waals surface area contributed by atoms with Gasteiger partial charge < -0.3 is 0 Å². The molecule has 0 bridgehead atoms. The Hall–Kier alpha value is -3.21. The van der Waals surface area contributed by atoms with Crippen LogP contribution in [0.3, 0.4) is 0 Å². The fourth-order valence-corrected chi connectivity index (χ4v) is 4.90. The number of benzene rings is 1. The lowest BCUT2D eigenvalue weighted by Gasteiger charge is -2.20. The molecule has 0 radical (unpaired) electrons. The second kappa shape index (κ2) is 6.94. The van der Waals surface area contributed by atoms with Crippen molar-refractivity contribution < 1.29 is 8.42 Å². The molecule has 7 heteroatoms. The van der Waals surface area contributed by atoms with Crippen molar-refractivity contribution in [3.05, 3.63) is 65.9 Å². The number of nitrogens with zero attached hydrogens (tertiary/aromatic N) is 3. The third-order valence-electron chi connectivity index (χ3n) is 4.74. The number of aromatic nitrogens is 2. The minimum Gasteiger partial charge on any atom is -0.293 e. The number of fused-ring (bicyclic) bond motifs is 1. The van der Waals surface area contributed by atoms with Crippen LogP contribution in [0.15, 0.2) is 59.5 Å². The molecule has 0 unspecified atom stereocenters. The SMILES string of the molecule is Cc1ccc2c(C#N)c(-c3ccc(S(=O)(=O)NC(C)(C)C)cc3)n(C3=CC=C3)c2n1. The summed E-state index contributed by atoms with van der Waals surface area (Å²) in [5.41, 5.74) is 3.89. The summed E-state index contributed by atoms with van der Waals surface area (Å²) in [6.07, 6.45) is 5.85. The number of sulfonamides is 1. The van der Waals surface area contributed by atoms with Crippen LogP contribution in [0.2, 0.25) is 0 Å². The summed E-state index contributed by atoms with van der Waals surface area (Å²) in [5, 5.41) is 10.7. The summed E-state index contributed by atoms with van der Waals surface area (Å²) in [6, 6.07) is 12.7. The number of allylic oxidation sites excluding steroid dienone is 4. The van der Waals surface area contributed by atoms with E-state index in [4.69, 9.17) is 0 Å². The van der Waals surface area contributed by atoms with Crippen molar-refractivity contribution in [2.45, 2.75) is 38.1 Å². The molecule has 2 aromatic heterocycles. The van der Waals surface area contributed by atoms with Crippen LogP contribution >= 0.6 is 0 Å². The van der Waals surface area contributed by atoms with Crippen molar-refractivity contribution >= 4 is 26.8 Å². The fourth-order valence-electron chi connectivity index (χ4n) is 3.48. The minimum absolute atomic E-state index is 0.180. The summed E-state index contributed by atoms with van der Waals surface area (Å²) >= 11 is 0. The van der Waals surface area contributed by atoms with E-state index in [1.165, 1.54) is 0 Å². The first-order valence-electron chi connectivity index (χ1n) is 9.56. The molecule has 0 fully saturated rings. The zero-order valence-corrected chi connectivity index (χ0v) is 18.1. The van der Waals surface area contributed by atoms with Gasteiger partial charge in [-0.3, -0.25) is 4.57 Å². The first-order chi connectivity index (χ1) is 14.1. The Labute approximate surface area is 176 Å². The molecule has 1 aliphatic carbocycles. The van der Waals surface area contributed by atoms with Crippen molar-refractivity contribution in [1.82, 2.24) is 14.3 Å². The second-order valence-corrected chi connectivity index (χ2v) is 10.0.